The zero-order valence-corrected chi connectivity index (χ0v) is 10.4. The zero-order valence-electron chi connectivity index (χ0n) is 10.4. The minimum absolute atomic E-state index is 0.0595. The number of rotatable bonds is 4. The summed E-state index contributed by atoms with van der Waals surface area (Å²) in [4.78, 5) is 0. The molecule has 1 aliphatic carbocycles. The number of benzene rings is 2. The molecule has 0 bridgehead atoms. The molecule has 2 heteroatoms. The van der Waals surface area contributed by atoms with Gasteiger partial charge < -0.3 is 9.47 Å². The summed E-state index contributed by atoms with van der Waals surface area (Å²) >= 11 is 0. The van der Waals surface area contributed by atoms with Crippen LogP contribution in [0.3, 0.4) is 0 Å². The van der Waals surface area contributed by atoms with Crippen LogP contribution in [-0.2, 0) is 10.3 Å². The number of methoxy groups -OCH3 is 1. The second-order valence-corrected chi connectivity index (χ2v) is 4.64. The Morgan fingerprint density at radius 2 is 1.61 bits per heavy atom. The van der Waals surface area contributed by atoms with Crippen LogP contribution in [0.5, 0.6) is 11.5 Å². The molecule has 3 rings (SSSR count). The number of ether oxygens (including phenoxy) is 2. The molecule has 18 heavy (non-hydrogen) atoms. The van der Waals surface area contributed by atoms with Crippen molar-refractivity contribution >= 4 is 0 Å². The lowest BCUT2D eigenvalue weighted by atomic mass is 10.1. The van der Waals surface area contributed by atoms with E-state index < -0.39 is 0 Å². The van der Waals surface area contributed by atoms with Gasteiger partial charge in [-0.2, -0.15) is 0 Å². The maximum atomic E-state index is 5.83. The number of para-hydroxylation sites is 1. The van der Waals surface area contributed by atoms with Gasteiger partial charge in [0.15, 0.2) is 0 Å². The van der Waals surface area contributed by atoms with E-state index in [-0.39, 0.29) is 5.60 Å². The topological polar surface area (TPSA) is 18.5 Å². The van der Waals surface area contributed by atoms with Gasteiger partial charge in [-0.25, -0.2) is 0 Å². The molecule has 0 aromatic heterocycles. The van der Waals surface area contributed by atoms with Crippen LogP contribution in [0.1, 0.15) is 18.4 Å². The van der Waals surface area contributed by atoms with E-state index in [1.807, 2.05) is 42.5 Å². The highest BCUT2D eigenvalue weighted by Crippen LogP contribution is 2.49. The molecule has 0 radical (unpaired) electrons. The molecule has 0 unspecified atom stereocenters. The third-order valence-electron chi connectivity index (χ3n) is 3.43. The molecule has 0 amide bonds. The van der Waals surface area contributed by atoms with Crippen molar-refractivity contribution in [3.8, 4) is 11.5 Å². The Morgan fingerprint density at radius 3 is 2.28 bits per heavy atom. The smallest absolute Gasteiger partial charge is 0.127 e. The van der Waals surface area contributed by atoms with Crippen molar-refractivity contribution in [2.24, 2.45) is 0 Å². The van der Waals surface area contributed by atoms with E-state index in [2.05, 4.69) is 12.1 Å². The fraction of sp³-hybridized carbons (Fsp3) is 0.250. The molecule has 0 N–H and O–H groups in total. The molecule has 0 aliphatic heterocycles. The molecule has 0 heterocycles. The molecule has 2 nitrogen and oxygen atoms in total. The number of hydrogen-bond acceptors (Lipinski definition) is 2. The maximum Gasteiger partial charge on any atom is 0.127 e. The monoisotopic (exact) mass is 240 g/mol. The van der Waals surface area contributed by atoms with E-state index in [0.29, 0.717) is 0 Å². The van der Waals surface area contributed by atoms with Gasteiger partial charge in [-0.15, -0.1) is 0 Å². The van der Waals surface area contributed by atoms with E-state index in [1.165, 1.54) is 5.56 Å². The van der Waals surface area contributed by atoms with Gasteiger partial charge in [0.1, 0.15) is 11.5 Å². The predicted molar refractivity (Wildman–Crippen MR) is 70.9 cm³/mol. The van der Waals surface area contributed by atoms with E-state index in [4.69, 9.17) is 9.47 Å². The van der Waals surface area contributed by atoms with Crippen molar-refractivity contribution in [2.75, 3.05) is 7.11 Å². The van der Waals surface area contributed by atoms with Gasteiger partial charge >= 0.3 is 0 Å². The fourth-order valence-corrected chi connectivity index (χ4v) is 2.19. The molecule has 2 aromatic rings. The average Bonchev–Trinajstić information content (AvgIpc) is 3.21. The Hall–Kier alpha value is -1.80. The second kappa shape index (κ2) is 4.46. The van der Waals surface area contributed by atoms with Crippen LogP contribution in [0.4, 0.5) is 0 Å². The summed E-state index contributed by atoms with van der Waals surface area (Å²) in [5.41, 5.74) is 1.15. The summed E-state index contributed by atoms with van der Waals surface area (Å²) in [5, 5.41) is 0. The zero-order chi connectivity index (χ0) is 12.4. The summed E-state index contributed by atoms with van der Waals surface area (Å²) in [6, 6.07) is 18.0. The standard InChI is InChI=1S/C16H16O2/c1-17-16(10-11-16)13-6-5-9-15(12-13)18-14-7-3-2-4-8-14/h2-9,12H,10-11H2,1H3. The third-order valence-corrected chi connectivity index (χ3v) is 3.43. The highest BCUT2D eigenvalue weighted by molar-refractivity contribution is 5.38. The third kappa shape index (κ3) is 2.12. The summed E-state index contributed by atoms with van der Waals surface area (Å²) in [6.07, 6.45) is 2.19. The normalized spacial score (nSPS) is 16.3. The average molecular weight is 240 g/mol. The van der Waals surface area contributed by atoms with Crippen molar-refractivity contribution in [1.29, 1.82) is 0 Å². The molecule has 0 atom stereocenters. The van der Waals surface area contributed by atoms with Crippen LogP contribution in [0.2, 0.25) is 0 Å². The lowest BCUT2D eigenvalue weighted by Crippen LogP contribution is -2.08. The largest absolute Gasteiger partial charge is 0.457 e. The van der Waals surface area contributed by atoms with Crippen LogP contribution in [0.15, 0.2) is 54.6 Å². The highest BCUT2D eigenvalue weighted by Gasteiger charge is 2.44. The van der Waals surface area contributed by atoms with Gasteiger partial charge in [0, 0.05) is 7.11 Å². The van der Waals surface area contributed by atoms with Gasteiger partial charge in [0.2, 0.25) is 0 Å². The van der Waals surface area contributed by atoms with Gasteiger partial charge in [0.05, 0.1) is 5.60 Å². The maximum absolute atomic E-state index is 5.83. The van der Waals surface area contributed by atoms with Crippen LogP contribution < -0.4 is 4.74 Å². The molecule has 0 spiro atoms. The summed E-state index contributed by atoms with van der Waals surface area (Å²) in [5.74, 6) is 1.72. The van der Waals surface area contributed by atoms with Crippen molar-refractivity contribution in [3.05, 3.63) is 60.2 Å². The molecule has 92 valence electrons. The van der Waals surface area contributed by atoms with E-state index in [9.17, 15) is 0 Å². The molecule has 1 aliphatic rings. The second-order valence-electron chi connectivity index (χ2n) is 4.64. The Labute approximate surface area is 107 Å². The summed E-state index contributed by atoms with van der Waals surface area (Å²) in [7, 11) is 1.78. The van der Waals surface area contributed by atoms with Crippen LogP contribution >= 0.6 is 0 Å². The Balaban J connectivity index is 1.84. The van der Waals surface area contributed by atoms with Gasteiger partial charge in [-0.3, -0.25) is 0 Å². The Bertz CT molecular complexity index is 530. The highest BCUT2D eigenvalue weighted by atomic mass is 16.5. The lowest BCUT2D eigenvalue weighted by Gasteiger charge is -2.15. The van der Waals surface area contributed by atoms with Crippen LogP contribution in [0.25, 0.3) is 0 Å². The molecule has 2 aromatic carbocycles. The van der Waals surface area contributed by atoms with Crippen molar-refractivity contribution < 1.29 is 9.47 Å². The first kappa shape index (κ1) is 11.3. The van der Waals surface area contributed by atoms with Crippen LogP contribution in [0, 0.1) is 0 Å². The van der Waals surface area contributed by atoms with Crippen LogP contribution in [-0.4, -0.2) is 7.11 Å². The summed E-state index contributed by atoms with van der Waals surface area (Å²) < 4.78 is 11.4. The van der Waals surface area contributed by atoms with Crippen molar-refractivity contribution in [1.82, 2.24) is 0 Å². The fourth-order valence-electron chi connectivity index (χ4n) is 2.19. The molecule has 1 saturated carbocycles. The first-order chi connectivity index (χ1) is 8.82. The summed E-state index contributed by atoms with van der Waals surface area (Å²) in [6.45, 7) is 0. The van der Waals surface area contributed by atoms with E-state index in [1.54, 1.807) is 7.11 Å². The first-order valence-electron chi connectivity index (χ1n) is 6.21. The minimum Gasteiger partial charge on any atom is -0.457 e. The van der Waals surface area contributed by atoms with Gasteiger partial charge in [-0.05, 0) is 42.7 Å². The molecule has 0 saturated heterocycles. The van der Waals surface area contributed by atoms with Crippen molar-refractivity contribution in [3.63, 3.8) is 0 Å². The van der Waals surface area contributed by atoms with Gasteiger partial charge in [-0.1, -0.05) is 30.3 Å². The first-order valence-corrected chi connectivity index (χ1v) is 6.21. The molecular formula is C16H16O2. The van der Waals surface area contributed by atoms with E-state index in [0.717, 1.165) is 24.3 Å². The minimum atomic E-state index is -0.0595. The predicted octanol–water partition coefficient (Wildman–Crippen LogP) is 4.11. The Kier molecular flexibility index (Phi) is 2.80. The SMILES string of the molecule is COC1(c2cccc(Oc3ccccc3)c2)CC1. The molecular weight excluding hydrogens is 224 g/mol. The Morgan fingerprint density at radius 1 is 0.889 bits per heavy atom. The van der Waals surface area contributed by atoms with Gasteiger partial charge in [0.25, 0.3) is 0 Å². The van der Waals surface area contributed by atoms with Crippen molar-refractivity contribution in [2.45, 2.75) is 18.4 Å². The van der Waals surface area contributed by atoms with E-state index >= 15 is 0 Å². The molecule has 1 fully saturated rings. The quantitative estimate of drug-likeness (QED) is 0.800. The lowest BCUT2D eigenvalue weighted by molar-refractivity contribution is 0.0787. The number of hydrogen-bond donors (Lipinski definition) is 0.